The molecule has 0 saturated carbocycles. The molecule has 1 N–H and O–H groups in total. The minimum atomic E-state index is -5.00. The summed E-state index contributed by atoms with van der Waals surface area (Å²) in [5.74, 6) is -2.70. The molecule has 0 saturated heterocycles. The van der Waals surface area contributed by atoms with Crippen molar-refractivity contribution in [2.24, 2.45) is 5.92 Å². The number of halogens is 3. The average Bonchev–Trinajstić information content (AvgIpc) is 2.41. The molecule has 21 heavy (non-hydrogen) atoms. The number of nitrogens with one attached hydrogen (secondary N) is 1. The van der Waals surface area contributed by atoms with Gasteiger partial charge in [-0.3, -0.25) is 4.79 Å². The minimum Gasteiger partial charge on any atom is -0.445 e. The quantitative estimate of drug-likeness (QED) is 0.909. The molecule has 116 valence electrons. The molecule has 0 bridgehead atoms. The van der Waals surface area contributed by atoms with Crippen LogP contribution in [-0.2, 0) is 16.1 Å². The Kier molecular flexibility index (Phi) is 5.75. The Morgan fingerprint density at radius 1 is 1.19 bits per heavy atom. The van der Waals surface area contributed by atoms with Crippen molar-refractivity contribution in [3.8, 4) is 0 Å². The highest BCUT2D eigenvalue weighted by Gasteiger charge is 2.45. The lowest BCUT2D eigenvalue weighted by Crippen LogP contribution is -2.49. The maximum Gasteiger partial charge on any atom is 0.452 e. The fraction of sp³-hybridized carbons (Fsp3) is 0.429. The number of ketones is 1. The molecule has 0 aliphatic carbocycles. The minimum absolute atomic E-state index is 0.0856. The van der Waals surface area contributed by atoms with Gasteiger partial charge in [0.1, 0.15) is 12.6 Å². The van der Waals surface area contributed by atoms with Gasteiger partial charge in [-0.2, -0.15) is 13.2 Å². The highest BCUT2D eigenvalue weighted by atomic mass is 19.4. The van der Waals surface area contributed by atoms with E-state index < -0.39 is 30.0 Å². The largest absolute Gasteiger partial charge is 0.452 e. The molecule has 7 heteroatoms. The summed E-state index contributed by atoms with van der Waals surface area (Å²) in [5, 5.41) is 1.96. The van der Waals surface area contributed by atoms with Gasteiger partial charge in [0, 0.05) is 0 Å². The molecule has 1 aromatic rings. The summed E-state index contributed by atoms with van der Waals surface area (Å²) in [5.41, 5.74) is 0.691. The molecular formula is C14H16F3NO3. The average molecular weight is 303 g/mol. The van der Waals surface area contributed by atoms with E-state index in [4.69, 9.17) is 4.74 Å². The van der Waals surface area contributed by atoms with Crippen LogP contribution in [0, 0.1) is 5.92 Å². The Morgan fingerprint density at radius 3 is 2.24 bits per heavy atom. The number of carbonyl (C=O) groups is 2. The Hall–Kier alpha value is -2.05. The molecule has 0 heterocycles. The van der Waals surface area contributed by atoms with E-state index in [1.54, 1.807) is 30.3 Å². The number of hydrogen-bond donors (Lipinski definition) is 1. The molecule has 0 fully saturated rings. The first-order valence-corrected chi connectivity index (χ1v) is 6.30. The SMILES string of the molecule is CC(C)[C@H](NC(=O)OCc1ccccc1)C(=O)C(F)(F)F. The number of benzene rings is 1. The highest BCUT2D eigenvalue weighted by Crippen LogP contribution is 2.21. The lowest BCUT2D eigenvalue weighted by Gasteiger charge is -2.21. The summed E-state index contributed by atoms with van der Waals surface area (Å²) in [6.07, 6.45) is -6.06. The fourth-order valence-corrected chi connectivity index (χ4v) is 1.60. The summed E-state index contributed by atoms with van der Waals surface area (Å²) < 4.78 is 42.1. The number of Topliss-reactive ketones (excluding diaryl/α,β-unsaturated/α-hetero) is 1. The van der Waals surface area contributed by atoms with Crippen molar-refractivity contribution in [1.29, 1.82) is 0 Å². The van der Waals surface area contributed by atoms with Crippen LogP contribution in [0.4, 0.5) is 18.0 Å². The second kappa shape index (κ2) is 7.10. The van der Waals surface area contributed by atoms with Crippen LogP contribution in [0.15, 0.2) is 30.3 Å². The Bertz CT molecular complexity index is 486. The first-order valence-electron chi connectivity index (χ1n) is 6.30. The van der Waals surface area contributed by atoms with Crippen molar-refractivity contribution >= 4 is 11.9 Å². The molecule has 0 aliphatic rings. The second-order valence-electron chi connectivity index (χ2n) is 4.79. The fourth-order valence-electron chi connectivity index (χ4n) is 1.60. The van der Waals surface area contributed by atoms with Gasteiger partial charge >= 0.3 is 12.3 Å². The highest BCUT2D eigenvalue weighted by molar-refractivity contribution is 5.91. The zero-order valence-corrected chi connectivity index (χ0v) is 11.6. The van der Waals surface area contributed by atoms with Gasteiger partial charge in [-0.15, -0.1) is 0 Å². The summed E-state index contributed by atoms with van der Waals surface area (Å²) in [4.78, 5) is 22.7. The summed E-state index contributed by atoms with van der Waals surface area (Å²) in [6, 6.07) is 7.00. The lowest BCUT2D eigenvalue weighted by molar-refractivity contribution is -0.174. The number of carbonyl (C=O) groups excluding carboxylic acids is 2. The molecule has 4 nitrogen and oxygen atoms in total. The molecule has 1 atom stereocenters. The maximum atomic E-state index is 12.4. The summed E-state index contributed by atoms with van der Waals surface area (Å²) in [6.45, 7) is 2.73. The van der Waals surface area contributed by atoms with E-state index in [-0.39, 0.29) is 6.61 Å². The Labute approximate surface area is 120 Å². The third-order valence-corrected chi connectivity index (χ3v) is 2.71. The van der Waals surface area contributed by atoms with Crippen LogP contribution >= 0.6 is 0 Å². The molecule has 0 unspecified atom stereocenters. The van der Waals surface area contributed by atoms with E-state index in [1.165, 1.54) is 13.8 Å². The Morgan fingerprint density at radius 2 is 1.76 bits per heavy atom. The van der Waals surface area contributed by atoms with Gasteiger partial charge in [0.2, 0.25) is 0 Å². The molecule has 1 amide bonds. The molecule has 1 aromatic carbocycles. The van der Waals surface area contributed by atoms with Gasteiger partial charge in [0.15, 0.2) is 0 Å². The number of amides is 1. The van der Waals surface area contributed by atoms with Crippen molar-refractivity contribution in [1.82, 2.24) is 5.32 Å². The van der Waals surface area contributed by atoms with Gasteiger partial charge in [0.05, 0.1) is 0 Å². The number of hydrogen-bond acceptors (Lipinski definition) is 3. The number of alkyl carbamates (subject to hydrolysis) is 1. The summed E-state index contributed by atoms with van der Waals surface area (Å²) >= 11 is 0. The van der Waals surface area contributed by atoms with Gasteiger partial charge in [-0.1, -0.05) is 44.2 Å². The topological polar surface area (TPSA) is 55.4 Å². The molecule has 0 spiro atoms. The predicted molar refractivity (Wildman–Crippen MR) is 69.5 cm³/mol. The third kappa shape index (κ3) is 5.45. The van der Waals surface area contributed by atoms with Gasteiger partial charge < -0.3 is 10.1 Å². The van der Waals surface area contributed by atoms with Crippen molar-refractivity contribution in [3.63, 3.8) is 0 Å². The maximum absolute atomic E-state index is 12.4. The van der Waals surface area contributed by atoms with Crippen molar-refractivity contribution < 1.29 is 27.5 Å². The van der Waals surface area contributed by atoms with Crippen molar-refractivity contribution in [2.45, 2.75) is 32.7 Å². The van der Waals surface area contributed by atoms with E-state index >= 15 is 0 Å². The molecule has 0 aromatic heterocycles. The predicted octanol–water partition coefficient (Wildman–Crippen LogP) is 3.07. The van der Waals surface area contributed by atoms with Gasteiger partial charge in [-0.05, 0) is 11.5 Å². The van der Waals surface area contributed by atoms with Crippen LogP contribution < -0.4 is 5.32 Å². The van der Waals surface area contributed by atoms with E-state index in [0.29, 0.717) is 5.56 Å². The first-order chi connectivity index (χ1) is 9.71. The van der Waals surface area contributed by atoms with E-state index in [1.807, 2.05) is 5.32 Å². The normalized spacial score (nSPS) is 12.9. The van der Waals surface area contributed by atoms with Crippen LogP contribution in [0.25, 0.3) is 0 Å². The number of ether oxygens (including phenoxy) is 1. The number of alkyl halides is 3. The molecule has 0 radical (unpaired) electrons. The van der Waals surface area contributed by atoms with Crippen LogP contribution in [-0.4, -0.2) is 24.1 Å². The first kappa shape index (κ1) is 17.0. The van der Waals surface area contributed by atoms with Gasteiger partial charge in [-0.25, -0.2) is 4.79 Å². The van der Waals surface area contributed by atoms with E-state index in [0.717, 1.165) is 0 Å². The van der Waals surface area contributed by atoms with E-state index in [9.17, 15) is 22.8 Å². The smallest absolute Gasteiger partial charge is 0.445 e. The number of rotatable bonds is 5. The standard InChI is InChI=1S/C14H16F3NO3/c1-9(2)11(12(19)14(15,16)17)18-13(20)21-8-10-6-4-3-5-7-10/h3-7,9,11H,8H2,1-2H3,(H,18,20)/t11-/m0/s1. The van der Waals surface area contributed by atoms with Crippen LogP contribution in [0.5, 0.6) is 0 Å². The monoisotopic (exact) mass is 303 g/mol. The van der Waals surface area contributed by atoms with Crippen LogP contribution in [0.3, 0.4) is 0 Å². The zero-order chi connectivity index (χ0) is 16.0. The van der Waals surface area contributed by atoms with Crippen LogP contribution in [0.2, 0.25) is 0 Å². The molecular weight excluding hydrogens is 287 g/mol. The van der Waals surface area contributed by atoms with Crippen molar-refractivity contribution in [3.05, 3.63) is 35.9 Å². The van der Waals surface area contributed by atoms with Crippen LogP contribution in [0.1, 0.15) is 19.4 Å². The lowest BCUT2D eigenvalue weighted by atomic mass is 10.00. The molecule has 0 aliphatic heterocycles. The zero-order valence-electron chi connectivity index (χ0n) is 11.6. The van der Waals surface area contributed by atoms with Crippen molar-refractivity contribution in [2.75, 3.05) is 0 Å². The van der Waals surface area contributed by atoms with Gasteiger partial charge in [0.25, 0.3) is 5.78 Å². The summed E-state index contributed by atoms with van der Waals surface area (Å²) in [7, 11) is 0. The second-order valence-corrected chi connectivity index (χ2v) is 4.79. The molecule has 1 rings (SSSR count). The van der Waals surface area contributed by atoms with E-state index in [2.05, 4.69) is 0 Å². The Balaban J connectivity index is 2.59. The third-order valence-electron chi connectivity index (χ3n) is 2.71.